The van der Waals surface area contributed by atoms with Gasteiger partial charge in [0.25, 0.3) is 0 Å². The van der Waals surface area contributed by atoms with Gasteiger partial charge in [0.15, 0.2) is 0 Å². The molecule has 0 radical (unpaired) electrons. The van der Waals surface area contributed by atoms with E-state index in [1.807, 2.05) is 12.1 Å². The largest absolute Gasteiger partial charge is 0.355 e. The maximum Gasteiger partial charge on any atom is 0.220 e. The minimum Gasteiger partial charge on any atom is -0.355 e. The molecule has 0 saturated heterocycles. The van der Waals surface area contributed by atoms with Crippen molar-refractivity contribution in [2.45, 2.75) is 24.7 Å². The van der Waals surface area contributed by atoms with E-state index in [4.69, 9.17) is 0 Å². The molecule has 0 aliphatic carbocycles. The van der Waals surface area contributed by atoms with Crippen molar-refractivity contribution in [3.63, 3.8) is 0 Å². The van der Waals surface area contributed by atoms with Crippen LogP contribution in [0.25, 0.3) is 0 Å². The number of rotatable bonds is 9. The number of thioether (sulfide) groups is 1. The highest BCUT2D eigenvalue weighted by Gasteiger charge is 2.00. The number of hydrogen-bond acceptors (Lipinski definition) is 3. The van der Waals surface area contributed by atoms with E-state index in [1.165, 1.54) is 4.90 Å². The van der Waals surface area contributed by atoms with Crippen LogP contribution in [0.2, 0.25) is 0 Å². The molecule has 0 aliphatic heterocycles. The fourth-order valence-corrected chi connectivity index (χ4v) is 2.63. The zero-order chi connectivity index (χ0) is 13.9. The topological polar surface area (TPSA) is 41.1 Å². The number of benzene rings is 1. The SMILES string of the molecule is CCNCCNC(=O)CCCSc1ccc(Br)cc1. The Hall–Kier alpha value is -0.520. The van der Waals surface area contributed by atoms with Crippen molar-refractivity contribution in [3.8, 4) is 0 Å². The second-order valence-electron chi connectivity index (χ2n) is 4.11. The van der Waals surface area contributed by atoms with Crippen molar-refractivity contribution in [2.24, 2.45) is 0 Å². The van der Waals surface area contributed by atoms with E-state index < -0.39 is 0 Å². The van der Waals surface area contributed by atoms with Crippen LogP contribution in [-0.2, 0) is 4.79 Å². The van der Waals surface area contributed by atoms with Gasteiger partial charge in [-0.1, -0.05) is 22.9 Å². The zero-order valence-corrected chi connectivity index (χ0v) is 13.6. The van der Waals surface area contributed by atoms with Gasteiger partial charge < -0.3 is 10.6 Å². The summed E-state index contributed by atoms with van der Waals surface area (Å²) >= 11 is 5.20. The highest BCUT2D eigenvalue weighted by Crippen LogP contribution is 2.21. The molecule has 0 unspecified atom stereocenters. The van der Waals surface area contributed by atoms with Crippen molar-refractivity contribution in [2.75, 3.05) is 25.4 Å². The van der Waals surface area contributed by atoms with Crippen LogP contribution in [0.4, 0.5) is 0 Å². The Balaban J connectivity index is 2.03. The first-order chi connectivity index (χ1) is 9.22. The maximum absolute atomic E-state index is 11.5. The zero-order valence-electron chi connectivity index (χ0n) is 11.2. The number of hydrogen-bond donors (Lipinski definition) is 2. The second-order valence-corrected chi connectivity index (χ2v) is 6.19. The van der Waals surface area contributed by atoms with Gasteiger partial charge in [0.05, 0.1) is 0 Å². The quantitative estimate of drug-likeness (QED) is 0.534. The van der Waals surface area contributed by atoms with Crippen LogP contribution in [-0.4, -0.2) is 31.3 Å². The van der Waals surface area contributed by atoms with Gasteiger partial charge in [-0.15, -0.1) is 11.8 Å². The number of carbonyl (C=O) groups excluding carboxylic acids is 1. The van der Waals surface area contributed by atoms with Crippen molar-refractivity contribution >= 4 is 33.6 Å². The van der Waals surface area contributed by atoms with Gasteiger partial charge in [-0.25, -0.2) is 0 Å². The lowest BCUT2D eigenvalue weighted by Crippen LogP contribution is -2.31. The smallest absolute Gasteiger partial charge is 0.220 e. The number of carbonyl (C=O) groups is 1. The summed E-state index contributed by atoms with van der Waals surface area (Å²) in [5, 5.41) is 6.08. The summed E-state index contributed by atoms with van der Waals surface area (Å²) in [5.74, 6) is 1.12. The van der Waals surface area contributed by atoms with Crippen LogP contribution in [0, 0.1) is 0 Å². The third-order valence-electron chi connectivity index (χ3n) is 2.50. The van der Waals surface area contributed by atoms with Gasteiger partial charge >= 0.3 is 0 Å². The molecule has 0 aliphatic rings. The third-order valence-corrected chi connectivity index (χ3v) is 4.13. The summed E-state index contributed by atoms with van der Waals surface area (Å²) in [4.78, 5) is 12.8. The lowest BCUT2D eigenvalue weighted by molar-refractivity contribution is -0.121. The lowest BCUT2D eigenvalue weighted by Gasteiger charge is -2.05. The predicted molar refractivity (Wildman–Crippen MR) is 85.7 cm³/mol. The Morgan fingerprint density at radius 1 is 1.26 bits per heavy atom. The monoisotopic (exact) mass is 344 g/mol. The van der Waals surface area contributed by atoms with Gasteiger partial charge in [-0.2, -0.15) is 0 Å². The average molecular weight is 345 g/mol. The molecular formula is C14H21BrN2OS. The van der Waals surface area contributed by atoms with Crippen molar-refractivity contribution in [3.05, 3.63) is 28.7 Å². The molecule has 19 heavy (non-hydrogen) atoms. The third kappa shape index (κ3) is 8.29. The molecule has 0 aromatic heterocycles. The Labute approximate surface area is 128 Å². The Bertz CT molecular complexity index is 370. The molecule has 0 spiro atoms. The molecule has 3 nitrogen and oxygen atoms in total. The average Bonchev–Trinajstić information content (AvgIpc) is 2.42. The molecule has 0 atom stereocenters. The number of nitrogens with one attached hydrogen (secondary N) is 2. The molecule has 1 amide bonds. The molecule has 0 saturated carbocycles. The summed E-state index contributed by atoms with van der Waals surface area (Å²) in [5.41, 5.74) is 0. The van der Waals surface area contributed by atoms with E-state index in [9.17, 15) is 4.79 Å². The molecule has 0 fully saturated rings. The highest BCUT2D eigenvalue weighted by atomic mass is 79.9. The van der Waals surface area contributed by atoms with Gasteiger partial charge in [0, 0.05) is 28.9 Å². The Kier molecular flexibility index (Phi) is 8.95. The summed E-state index contributed by atoms with van der Waals surface area (Å²) in [6.07, 6.45) is 1.52. The van der Waals surface area contributed by atoms with E-state index in [1.54, 1.807) is 11.8 Å². The molecular weight excluding hydrogens is 324 g/mol. The van der Waals surface area contributed by atoms with Crippen molar-refractivity contribution < 1.29 is 4.79 Å². The maximum atomic E-state index is 11.5. The van der Waals surface area contributed by atoms with E-state index >= 15 is 0 Å². The fraction of sp³-hybridized carbons (Fsp3) is 0.500. The highest BCUT2D eigenvalue weighted by molar-refractivity contribution is 9.10. The molecule has 1 rings (SSSR count). The second kappa shape index (κ2) is 10.3. The first kappa shape index (κ1) is 16.5. The van der Waals surface area contributed by atoms with Crippen LogP contribution >= 0.6 is 27.7 Å². The summed E-state index contributed by atoms with van der Waals surface area (Å²) in [6.45, 7) is 4.56. The Morgan fingerprint density at radius 3 is 2.68 bits per heavy atom. The lowest BCUT2D eigenvalue weighted by atomic mass is 10.3. The van der Waals surface area contributed by atoms with Crippen LogP contribution < -0.4 is 10.6 Å². The van der Waals surface area contributed by atoms with Crippen LogP contribution in [0.15, 0.2) is 33.6 Å². The van der Waals surface area contributed by atoms with Gasteiger partial charge in [0.1, 0.15) is 0 Å². The fourth-order valence-electron chi connectivity index (χ4n) is 1.51. The Morgan fingerprint density at radius 2 is 2.00 bits per heavy atom. The first-order valence-electron chi connectivity index (χ1n) is 6.58. The van der Waals surface area contributed by atoms with Gasteiger partial charge in [0.2, 0.25) is 5.91 Å². The van der Waals surface area contributed by atoms with Crippen LogP contribution in [0.3, 0.4) is 0 Å². The molecule has 0 heterocycles. The number of amides is 1. The summed E-state index contributed by atoms with van der Waals surface area (Å²) in [7, 11) is 0. The predicted octanol–water partition coefficient (Wildman–Crippen LogP) is 3.05. The minimum atomic E-state index is 0.148. The number of likely N-dealkylation sites (N-methyl/N-ethyl adjacent to an activating group) is 1. The van der Waals surface area contributed by atoms with Gasteiger partial charge in [-0.3, -0.25) is 4.79 Å². The van der Waals surface area contributed by atoms with E-state index in [-0.39, 0.29) is 5.91 Å². The molecule has 5 heteroatoms. The van der Waals surface area contributed by atoms with Gasteiger partial charge in [-0.05, 0) is 43.0 Å². The van der Waals surface area contributed by atoms with Crippen LogP contribution in [0.1, 0.15) is 19.8 Å². The molecule has 106 valence electrons. The first-order valence-corrected chi connectivity index (χ1v) is 8.36. The minimum absolute atomic E-state index is 0.148. The summed E-state index contributed by atoms with van der Waals surface area (Å²) < 4.78 is 1.09. The standard InChI is InChI=1S/C14H21BrN2OS/c1-2-16-9-10-17-14(18)4-3-11-19-13-7-5-12(15)6-8-13/h5-8,16H,2-4,9-11H2,1H3,(H,17,18). The molecule has 2 N–H and O–H groups in total. The summed E-state index contributed by atoms with van der Waals surface area (Å²) in [6, 6.07) is 8.25. The molecule has 0 bridgehead atoms. The molecule has 1 aromatic rings. The molecule has 1 aromatic carbocycles. The van der Waals surface area contributed by atoms with E-state index in [0.29, 0.717) is 13.0 Å². The normalized spacial score (nSPS) is 10.4. The van der Waals surface area contributed by atoms with Crippen molar-refractivity contribution in [1.82, 2.24) is 10.6 Å². The van der Waals surface area contributed by atoms with Crippen LogP contribution in [0.5, 0.6) is 0 Å². The number of halogens is 1. The van der Waals surface area contributed by atoms with E-state index in [0.717, 1.165) is 29.7 Å². The van der Waals surface area contributed by atoms with Crippen molar-refractivity contribution in [1.29, 1.82) is 0 Å². The van der Waals surface area contributed by atoms with E-state index in [2.05, 4.69) is 45.6 Å².